The Morgan fingerprint density at radius 2 is 1.83 bits per heavy atom. The zero-order chi connectivity index (χ0) is 17.4. The maximum absolute atomic E-state index is 11.7. The van der Waals surface area contributed by atoms with Gasteiger partial charge in [0.15, 0.2) is 6.10 Å². The lowest BCUT2D eigenvalue weighted by Crippen LogP contribution is -2.24. The van der Waals surface area contributed by atoms with E-state index in [0.29, 0.717) is 11.1 Å². The number of para-hydroxylation sites is 1. The summed E-state index contributed by atoms with van der Waals surface area (Å²) < 4.78 is 0. The third kappa shape index (κ3) is 4.59. The molecule has 2 rings (SSSR count). The molecular formula is C17H15N3O4. The van der Waals surface area contributed by atoms with Crippen molar-refractivity contribution in [2.45, 2.75) is 6.10 Å². The molecular weight excluding hydrogens is 310 g/mol. The molecule has 0 bridgehead atoms. The van der Waals surface area contributed by atoms with Crippen molar-refractivity contribution in [3.63, 3.8) is 0 Å². The highest BCUT2D eigenvalue weighted by Gasteiger charge is 2.15. The second-order valence-electron chi connectivity index (χ2n) is 4.74. The van der Waals surface area contributed by atoms with Gasteiger partial charge < -0.3 is 5.11 Å². The van der Waals surface area contributed by atoms with Gasteiger partial charge in [0.1, 0.15) is 0 Å². The van der Waals surface area contributed by atoms with Crippen molar-refractivity contribution in [1.29, 1.82) is 0 Å². The molecule has 24 heavy (non-hydrogen) atoms. The number of amides is 1. The lowest BCUT2D eigenvalue weighted by molar-refractivity contribution is -0.385. The Hall–Kier alpha value is -3.32. The lowest BCUT2D eigenvalue weighted by atomic mass is 10.1. The maximum atomic E-state index is 11.7. The van der Waals surface area contributed by atoms with E-state index in [4.69, 9.17) is 0 Å². The molecule has 2 N–H and O–H groups in total. The van der Waals surface area contributed by atoms with Crippen LogP contribution in [0.2, 0.25) is 0 Å². The topological polar surface area (TPSA) is 105 Å². The van der Waals surface area contributed by atoms with E-state index in [1.807, 2.05) is 0 Å². The van der Waals surface area contributed by atoms with E-state index in [0.717, 1.165) is 0 Å². The molecule has 7 heteroatoms. The molecule has 0 aliphatic rings. The number of aliphatic hydroxyl groups excluding tert-OH is 1. The Morgan fingerprint density at radius 3 is 2.54 bits per heavy atom. The minimum absolute atomic E-state index is 0.0225. The van der Waals surface area contributed by atoms with Crippen LogP contribution in [0.1, 0.15) is 17.2 Å². The van der Waals surface area contributed by atoms with Gasteiger partial charge in [-0.25, -0.2) is 5.43 Å². The number of nitrogens with one attached hydrogen (secondary N) is 1. The Labute approximate surface area is 138 Å². The summed E-state index contributed by atoms with van der Waals surface area (Å²) in [7, 11) is 0. The fraction of sp³-hybridized carbons (Fsp3) is 0.0588. The Kier molecular flexibility index (Phi) is 5.93. The average molecular weight is 325 g/mol. The third-order valence-corrected chi connectivity index (χ3v) is 3.11. The predicted octanol–water partition coefficient (Wildman–Crippen LogP) is 2.44. The Balaban J connectivity index is 1.93. The van der Waals surface area contributed by atoms with Crippen molar-refractivity contribution in [3.05, 3.63) is 81.9 Å². The summed E-state index contributed by atoms with van der Waals surface area (Å²) in [6, 6.07) is 14.7. The quantitative estimate of drug-likeness (QED) is 0.483. The van der Waals surface area contributed by atoms with Crippen LogP contribution in [0, 0.1) is 10.1 Å². The van der Waals surface area contributed by atoms with E-state index in [1.54, 1.807) is 48.5 Å². The van der Waals surface area contributed by atoms with E-state index in [1.165, 1.54) is 24.4 Å². The highest BCUT2D eigenvalue weighted by molar-refractivity contribution is 5.84. The Morgan fingerprint density at radius 1 is 1.17 bits per heavy atom. The summed E-state index contributed by atoms with van der Waals surface area (Å²) in [4.78, 5) is 22.1. The molecule has 7 nitrogen and oxygen atoms in total. The minimum Gasteiger partial charge on any atom is -0.378 e. The average Bonchev–Trinajstić information content (AvgIpc) is 2.61. The minimum atomic E-state index is -1.32. The number of allylic oxidation sites excluding steroid dienone is 1. The molecule has 2 aromatic carbocycles. The van der Waals surface area contributed by atoms with Crippen LogP contribution in [-0.4, -0.2) is 22.2 Å². The molecule has 1 amide bonds. The molecule has 0 aliphatic carbocycles. The first-order chi connectivity index (χ1) is 11.6. The van der Waals surface area contributed by atoms with Crippen molar-refractivity contribution in [3.8, 4) is 0 Å². The zero-order valence-corrected chi connectivity index (χ0v) is 12.6. The molecule has 0 heterocycles. The van der Waals surface area contributed by atoms with Gasteiger partial charge in [-0.1, -0.05) is 42.5 Å². The Bertz CT molecular complexity index is 772. The second-order valence-corrected chi connectivity index (χ2v) is 4.74. The molecule has 122 valence electrons. The number of benzene rings is 2. The van der Waals surface area contributed by atoms with E-state index in [9.17, 15) is 20.0 Å². The number of hydrazone groups is 1. The van der Waals surface area contributed by atoms with Crippen LogP contribution in [0.4, 0.5) is 5.69 Å². The highest BCUT2D eigenvalue weighted by Crippen LogP contribution is 2.18. The molecule has 0 radical (unpaired) electrons. The fourth-order valence-electron chi connectivity index (χ4n) is 1.93. The van der Waals surface area contributed by atoms with Gasteiger partial charge in [0, 0.05) is 12.3 Å². The number of nitro benzene ring substituents is 1. The molecule has 0 aliphatic heterocycles. The first kappa shape index (κ1) is 17.0. The van der Waals surface area contributed by atoms with Crippen LogP contribution in [0.15, 0.2) is 65.8 Å². The molecule has 0 unspecified atom stereocenters. The van der Waals surface area contributed by atoms with Crippen LogP contribution < -0.4 is 5.43 Å². The molecule has 0 saturated carbocycles. The molecule has 0 aromatic heterocycles. The van der Waals surface area contributed by atoms with Crippen LogP contribution in [0.5, 0.6) is 0 Å². The van der Waals surface area contributed by atoms with Crippen molar-refractivity contribution in [2.24, 2.45) is 5.10 Å². The standard InChI is InChI=1S/C17H15N3O4/c21-16(14-8-2-1-3-9-14)17(22)19-18-12-6-10-13-7-4-5-11-15(13)20(23)24/h1-12,16,21H,(H,19,22)/b10-6+,18-12-/t16-/m0/s1. The van der Waals surface area contributed by atoms with Crippen LogP contribution in [0.25, 0.3) is 6.08 Å². The smallest absolute Gasteiger partial charge is 0.276 e. The third-order valence-electron chi connectivity index (χ3n) is 3.11. The van der Waals surface area contributed by atoms with Crippen molar-refractivity contribution >= 4 is 23.9 Å². The number of carbonyl (C=O) groups is 1. The summed E-state index contributed by atoms with van der Waals surface area (Å²) >= 11 is 0. The SMILES string of the molecule is O=C(N/N=C\C=C\c1ccccc1[N+](=O)[O-])[C@@H](O)c1ccccc1. The van der Waals surface area contributed by atoms with Gasteiger partial charge >= 0.3 is 0 Å². The van der Waals surface area contributed by atoms with E-state index >= 15 is 0 Å². The van der Waals surface area contributed by atoms with Gasteiger partial charge in [-0.05, 0) is 23.8 Å². The number of hydrogen-bond acceptors (Lipinski definition) is 5. The zero-order valence-electron chi connectivity index (χ0n) is 12.6. The van der Waals surface area contributed by atoms with Gasteiger partial charge in [0.05, 0.1) is 10.5 Å². The highest BCUT2D eigenvalue weighted by atomic mass is 16.6. The first-order valence-corrected chi connectivity index (χ1v) is 7.05. The van der Waals surface area contributed by atoms with Gasteiger partial charge in [0.2, 0.25) is 0 Å². The molecule has 0 spiro atoms. The number of aliphatic hydroxyl groups is 1. The van der Waals surface area contributed by atoms with Gasteiger partial charge in [-0.2, -0.15) is 5.10 Å². The van der Waals surface area contributed by atoms with E-state index in [2.05, 4.69) is 10.5 Å². The van der Waals surface area contributed by atoms with Gasteiger partial charge in [0.25, 0.3) is 11.6 Å². The van der Waals surface area contributed by atoms with Crippen LogP contribution in [0.3, 0.4) is 0 Å². The number of hydrogen-bond donors (Lipinski definition) is 2. The van der Waals surface area contributed by atoms with Gasteiger partial charge in [-0.3, -0.25) is 14.9 Å². The number of carbonyl (C=O) groups excluding carboxylic acids is 1. The van der Waals surface area contributed by atoms with Crippen molar-refractivity contribution in [2.75, 3.05) is 0 Å². The normalized spacial score (nSPS) is 12.4. The molecule has 0 fully saturated rings. The molecule has 2 aromatic rings. The maximum Gasteiger partial charge on any atom is 0.276 e. The largest absolute Gasteiger partial charge is 0.378 e. The summed E-state index contributed by atoms with van der Waals surface area (Å²) in [5, 5.41) is 24.4. The number of nitrogens with zero attached hydrogens (tertiary/aromatic N) is 2. The number of nitro groups is 1. The second kappa shape index (κ2) is 8.35. The molecule has 1 atom stereocenters. The summed E-state index contributed by atoms with van der Waals surface area (Å²) in [6.07, 6.45) is 2.91. The summed E-state index contributed by atoms with van der Waals surface area (Å²) in [5.74, 6) is -0.670. The summed E-state index contributed by atoms with van der Waals surface area (Å²) in [6.45, 7) is 0. The number of rotatable bonds is 6. The monoisotopic (exact) mass is 325 g/mol. The van der Waals surface area contributed by atoms with Gasteiger partial charge in [-0.15, -0.1) is 0 Å². The first-order valence-electron chi connectivity index (χ1n) is 7.05. The van der Waals surface area contributed by atoms with Crippen molar-refractivity contribution < 1.29 is 14.8 Å². The van der Waals surface area contributed by atoms with E-state index < -0.39 is 16.9 Å². The summed E-state index contributed by atoms with van der Waals surface area (Å²) in [5.41, 5.74) is 3.06. The predicted molar refractivity (Wildman–Crippen MR) is 90.2 cm³/mol. The van der Waals surface area contributed by atoms with Crippen LogP contribution >= 0.6 is 0 Å². The lowest BCUT2D eigenvalue weighted by Gasteiger charge is -2.08. The van der Waals surface area contributed by atoms with Crippen molar-refractivity contribution in [1.82, 2.24) is 5.43 Å². The van der Waals surface area contributed by atoms with Crippen LogP contribution in [-0.2, 0) is 4.79 Å². The van der Waals surface area contributed by atoms with E-state index in [-0.39, 0.29) is 5.69 Å². The fourth-order valence-corrected chi connectivity index (χ4v) is 1.93. The molecule has 0 saturated heterocycles.